The van der Waals surface area contributed by atoms with Crippen LogP contribution in [0.4, 0.5) is 0 Å². The average molecular weight is 318 g/mol. The third kappa shape index (κ3) is 2.92. The van der Waals surface area contributed by atoms with Gasteiger partial charge < -0.3 is 9.88 Å². The van der Waals surface area contributed by atoms with Crippen LogP contribution in [0.3, 0.4) is 0 Å². The number of nitrogens with zero attached hydrogens (tertiary/aromatic N) is 3. The Balaban J connectivity index is 1.73. The topological polar surface area (TPSA) is 59.8 Å². The summed E-state index contributed by atoms with van der Waals surface area (Å²) in [7, 11) is 0. The van der Waals surface area contributed by atoms with E-state index in [2.05, 4.69) is 20.1 Å². The Morgan fingerprint density at radius 2 is 2.14 bits per heavy atom. The van der Waals surface area contributed by atoms with Crippen LogP contribution in [0, 0.1) is 13.8 Å². The summed E-state index contributed by atoms with van der Waals surface area (Å²) in [5.74, 6) is 0.819. The Bertz CT molecular complexity index is 650. The van der Waals surface area contributed by atoms with Crippen LogP contribution in [0.15, 0.2) is 12.4 Å². The van der Waals surface area contributed by atoms with E-state index in [4.69, 9.17) is 0 Å². The number of hydrogen-bond donors (Lipinski definition) is 1. The van der Waals surface area contributed by atoms with Crippen molar-refractivity contribution >= 4 is 17.2 Å². The molecule has 2 heterocycles. The Kier molecular flexibility index (Phi) is 4.29. The normalized spacial score (nSPS) is 16.9. The Morgan fingerprint density at radius 1 is 1.41 bits per heavy atom. The summed E-state index contributed by atoms with van der Waals surface area (Å²) < 4.78 is 2.14. The first kappa shape index (κ1) is 15.2. The molecule has 0 saturated heterocycles. The van der Waals surface area contributed by atoms with Gasteiger partial charge in [0.2, 0.25) is 0 Å². The maximum Gasteiger partial charge on any atom is 0.261 e. The molecule has 1 aliphatic carbocycles. The molecule has 1 amide bonds. The fourth-order valence-electron chi connectivity index (χ4n) is 3.04. The summed E-state index contributed by atoms with van der Waals surface area (Å²) in [4.78, 5) is 14.3. The van der Waals surface area contributed by atoms with Crippen molar-refractivity contribution in [2.45, 2.75) is 58.5 Å². The molecule has 1 N–H and O–H groups in total. The minimum atomic E-state index is -0.140. The maximum absolute atomic E-state index is 12.4. The van der Waals surface area contributed by atoms with Crippen LogP contribution < -0.4 is 5.32 Å². The molecule has 0 unspecified atom stereocenters. The van der Waals surface area contributed by atoms with E-state index in [0.717, 1.165) is 16.3 Å². The SMILES string of the molecule is Cc1cc(C(=O)N[C@@H](C)c2nncn2C2CCCC2)sc1C. The van der Waals surface area contributed by atoms with Crippen molar-refractivity contribution in [3.63, 3.8) is 0 Å². The van der Waals surface area contributed by atoms with E-state index in [-0.39, 0.29) is 11.9 Å². The van der Waals surface area contributed by atoms with Crippen LogP contribution in [-0.4, -0.2) is 20.7 Å². The number of carbonyl (C=O) groups is 1. The van der Waals surface area contributed by atoms with Gasteiger partial charge in [-0.3, -0.25) is 4.79 Å². The summed E-state index contributed by atoms with van der Waals surface area (Å²) in [6.07, 6.45) is 6.67. The number of rotatable bonds is 4. The van der Waals surface area contributed by atoms with Crippen molar-refractivity contribution in [2.75, 3.05) is 0 Å². The fraction of sp³-hybridized carbons (Fsp3) is 0.562. The highest BCUT2D eigenvalue weighted by Crippen LogP contribution is 2.31. The largest absolute Gasteiger partial charge is 0.342 e. The predicted molar refractivity (Wildman–Crippen MR) is 87.2 cm³/mol. The van der Waals surface area contributed by atoms with Crippen LogP contribution in [0.5, 0.6) is 0 Å². The minimum Gasteiger partial charge on any atom is -0.342 e. The zero-order valence-electron chi connectivity index (χ0n) is 13.3. The Morgan fingerprint density at radius 3 is 2.77 bits per heavy atom. The fourth-order valence-corrected chi connectivity index (χ4v) is 3.98. The zero-order chi connectivity index (χ0) is 15.7. The van der Waals surface area contributed by atoms with E-state index in [1.54, 1.807) is 6.33 Å². The molecule has 0 spiro atoms. The molecule has 118 valence electrons. The van der Waals surface area contributed by atoms with Crippen LogP contribution in [0.2, 0.25) is 0 Å². The first-order valence-electron chi connectivity index (χ1n) is 7.83. The molecule has 2 aromatic heterocycles. The van der Waals surface area contributed by atoms with Crippen molar-refractivity contribution in [1.82, 2.24) is 20.1 Å². The smallest absolute Gasteiger partial charge is 0.261 e. The van der Waals surface area contributed by atoms with Gasteiger partial charge in [-0.2, -0.15) is 0 Å². The monoisotopic (exact) mass is 318 g/mol. The molecule has 3 rings (SSSR count). The van der Waals surface area contributed by atoms with Gasteiger partial charge in [0, 0.05) is 10.9 Å². The lowest BCUT2D eigenvalue weighted by molar-refractivity contribution is 0.0941. The second-order valence-electron chi connectivity index (χ2n) is 6.08. The Hall–Kier alpha value is -1.69. The summed E-state index contributed by atoms with van der Waals surface area (Å²) in [6.45, 7) is 6.04. The van der Waals surface area contributed by atoms with Crippen LogP contribution in [0.1, 0.15) is 70.6 Å². The first-order valence-corrected chi connectivity index (χ1v) is 8.65. The number of aromatic nitrogens is 3. The van der Waals surface area contributed by atoms with Gasteiger partial charge in [0.15, 0.2) is 5.82 Å². The summed E-state index contributed by atoms with van der Waals surface area (Å²) in [5, 5.41) is 11.3. The van der Waals surface area contributed by atoms with Crippen molar-refractivity contribution in [2.24, 2.45) is 0 Å². The van der Waals surface area contributed by atoms with Crippen molar-refractivity contribution < 1.29 is 4.79 Å². The molecular formula is C16H22N4OS. The van der Waals surface area contributed by atoms with Crippen molar-refractivity contribution in [3.8, 4) is 0 Å². The molecule has 1 atom stereocenters. The highest BCUT2D eigenvalue weighted by Gasteiger charge is 2.24. The number of carbonyl (C=O) groups excluding carboxylic acids is 1. The van der Waals surface area contributed by atoms with Gasteiger partial charge >= 0.3 is 0 Å². The van der Waals surface area contributed by atoms with E-state index < -0.39 is 0 Å². The predicted octanol–water partition coefficient (Wildman–Crippen LogP) is 3.56. The van der Waals surface area contributed by atoms with Gasteiger partial charge in [-0.05, 0) is 45.2 Å². The molecule has 2 aromatic rings. The number of nitrogens with one attached hydrogen (secondary N) is 1. The number of hydrogen-bond acceptors (Lipinski definition) is 4. The maximum atomic E-state index is 12.4. The minimum absolute atomic E-state index is 0.0327. The Labute approximate surface area is 134 Å². The molecular weight excluding hydrogens is 296 g/mol. The summed E-state index contributed by atoms with van der Waals surface area (Å²) >= 11 is 1.54. The van der Waals surface area contributed by atoms with Crippen LogP contribution >= 0.6 is 11.3 Å². The molecule has 5 nitrogen and oxygen atoms in total. The molecule has 1 saturated carbocycles. The van der Waals surface area contributed by atoms with Gasteiger partial charge in [-0.15, -0.1) is 21.5 Å². The third-order valence-corrected chi connectivity index (χ3v) is 5.59. The molecule has 1 aliphatic rings. The third-order valence-electron chi connectivity index (χ3n) is 4.44. The molecule has 0 aromatic carbocycles. The molecule has 6 heteroatoms. The van der Waals surface area contributed by atoms with Gasteiger partial charge in [0.1, 0.15) is 6.33 Å². The summed E-state index contributed by atoms with van der Waals surface area (Å²) in [6, 6.07) is 2.29. The summed E-state index contributed by atoms with van der Waals surface area (Å²) in [5.41, 5.74) is 1.16. The van der Waals surface area contributed by atoms with Gasteiger partial charge in [-0.1, -0.05) is 12.8 Å². The van der Waals surface area contributed by atoms with E-state index in [1.807, 2.05) is 26.8 Å². The zero-order valence-corrected chi connectivity index (χ0v) is 14.1. The average Bonchev–Trinajstić information content (AvgIpc) is 3.19. The molecule has 0 aliphatic heterocycles. The highest BCUT2D eigenvalue weighted by molar-refractivity contribution is 7.14. The van der Waals surface area contributed by atoms with E-state index >= 15 is 0 Å². The molecule has 0 bridgehead atoms. The van der Waals surface area contributed by atoms with Crippen LogP contribution in [-0.2, 0) is 0 Å². The first-order chi connectivity index (χ1) is 10.6. The lowest BCUT2D eigenvalue weighted by Crippen LogP contribution is -2.28. The van der Waals surface area contributed by atoms with Gasteiger partial charge in [-0.25, -0.2) is 0 Å². The van der Waals surface area contributed by atoms with Crippen molar-refractivity contribution in [1.29, 1.82) is 0 Å². The van der Waals surface area contributed by atoms with E-state index in [0.29, 0.717) is 6.04 Å². The highest BCUT2D eigenvalue weighted by atomic mass is 32.1. The lowest BCUT2D eigenvalue weighted by atomic mass is 10.2. The standard InChI is InChI=1S/C16H22N4OS/c1-10-8-14(22-12(10)3)16(21)18-11(2)15-19-17-9-20(15)13-6-4-5-7-13/h8-9,11,13H,4-7H2,1-3H3,(H,18,21)/t11-/m0/s1. The van der Waals surface area contributed by atoms with E-state index in [1.165, 1.54) is 41.9 Å². The van der Waals surface area contributed by atoms with Gasteiger partial charge in [0.25, 0.3) is 5.91 Å². The lowest BCUT2D eigenvalue weighted by Gasteiger charge is -2.18. The second kappa shape index (κ2) is 6.20. The van der Waals surface area contributed by atoms with Gasteiger partial charge in [0.05, 0.1) is 10.9 Å². The molecule has 22 heavy (non-hydrogen) atoms. The van der Waals surface area contributed by atoms with Crippen LogP contribution in [0.25, 0.3) is 0 Å². The number of thiophene rings is 1. The quantitative estimate of drug-likeness (QED) is 0.937. The molecule has 1 fully saturated rings. The molecule has 0 radical (unpaired) electrons. The number of aryl methyl sites for hydroxylation is 2. The number of amides is 1. The van der Waals surface area contributed by atoms with E-state index in [9.17, 15) is 4.79 Å². The van der Waals surface area contributed by atoms with Crippen molar-refractivity contribution in [3.05, 3.63) is 33.5 Å². The second-order valence-corrected chi connectivity index (χ2v) is 7.34.